The number of nitriles is 1. The number of aliphatic carboxylic acids is 2. The summed E-state index contributed by atoms with van der Waals surface area (Å²) in [6.07, 6.45) is 2.52. The Morgan fingerprint density at radius 1 is 1.10 bits per heavy atom. The van der Waals surface area contributed by atoms with Gasteiger partial charge in [0.05, 0.1) is 27.6 Å². The van der Waals surface area contributed by atoms with Gasteiger partial charge in [0, 0.05) is 42.2 Å². The lowest BCUT2D eigenvalue weighted by molar-refractivity contribution is -0.384. The molecular formula is C29H30N4O9. The summed E-state index contributed by atoms with van der Waals surface area (Å²) < 4.78 is 11.3. The fourth-order valence-electron chi connectivity index (χ4n) is 4.43. The number of hydrogen-bond acceptors (Lipinski definition) is 10. The highest BCUT2D eigenvalue weighted by Gasteiger charge is 2.38. The molecular weight excluding hydrogens is 548 g/mol. The molecule has 0 spiro atoms. The Labute approximate surface area is 241 Å². The summed E-state index contributed by atoms with van der Waals surface area (Å²) in [5.41, 5.74) is -0.0532. The third kappa shape index (κ3) is 7.72. The maximum Gasteiger partial charge on any atom is 0.334 e. The minimum Gasteiger partial charge on any atom is -0.489 e. The number of aliphatic hydroxyl groups is 1. The van der Waals surface area contributed by atoms with Gasteiger partial charge < -0.3 is 35.4 Å². The van der Waals surface area contributed by atoms with E-state index in [4.69, 9.17) is 14.7 Å². The van der Waals surface area contributed by atoms with Crippen LogP contribution in [0.3, 0.4) is 0 Å². The highest BCUT2D eigenvalue weighted by atomic mass is 16.6. The van der Waals surface area contributed by atoms with Crippen LogP contribution in [0.4, 0.5) is 5.69 Å². The fraction of sp³-hybridized carbons (Fsp3) is 0.276. The Morgan fingerprint density at radius 3 is 2.38 bits per heavy atom. The molecule has 3 rings (SSSR count). The number of dihydropyridines is 1. The summed E-state index contributed by atoms with van der Waals surface area (Å²) in [6, 6.07) is 12.3. The van der Waals surface area contributed by atoms with Gasteiger partial charge >= 0.3 is 11.9 Å². The van der Waals surface area contributed by atoms with E-state index in [2.05, 4.69) is 10.6 Å². The number of allylic oxidation sites excluding steroid dienone is 2. The molecule has 0 saturated heterocycles. The van der Waals surface area contributed by atoms with Crippen LogP contribution in [0.15, 0.2) is 77.2 Å². The van der Waals surface area contributed by atoms with Crippen molar-refractivity contribution >= 4 is 17.6 Å². The number of rotatable bonds is 14. The molecule has 220 valence electrons. The number of carboxylic acids is 2. The molecule has 0 radical (unpaired) electrons. The number of benzene rings is 2. The van der Waals surface area contributed by atoms with E-state index < -0.39 is 28.9 Å². The number of ether oxygens (including phenoxy) is 2. The Morgan fingerprint density at radius 2 is 1.76 bits per heavy atom. The Bertz CT molecular complexity index is 1450. The molecule has 0 aromatic heterocycles. The van der Waals surface area contributed by atoms with Crippen molar-refractivity contribution in [1.29, 1.82) is 5.26 Å². The van der Waals surface area contributed by atoms with Crippen LogP contribution in [0.25, 0.3) is 0 Å². The number of non-ortho nitro benzene ring substituents is 1. The van der Waals surface area contributed by atoms with Crippen LogP contribution in [-0.4, -0.2) is 64.6 Å². The highest BCUT2D eigenvalue weighted by molar-refractivity contribution is 5.98. The number of nitro benzene ring substituents is 1. The number of carboxylic acid groups (broad SMARTS) is 2. The number of nitrogens with one attached hydrogen (secondary N) is 2. The van der Waals surface area contributed by atoms with Crippen molar-refractivity contribution in [3.8, 4) is 17.6 Å². The van der Waals surface area contributed by atoms with Gasteiger partial charge in [0.1, 0.15) is 36.9 Å². The monoisotopic (exact) mass is 578 g/mol. The first kappa shape index (κ1) is 31.3. The standard InChI is InChI=1S/C29H30N4O9/c1-17-25(28(35)36)27(26(29(37)38)18(2)32-17)22-13-20(33(39)40)9-10-24(22)41-12-6-5-11-31-15-21(34)16-42-23-8-4-3-7-19(23)14-30/h3-10,13,21,27,31-32,34H,11-12,15-16H2,1-2H3,(H,35,36)(H,37,38)/b6-5+. The van der Waals surface area contributed by atoms with Gasteiger partial charge in [-0.25, -0.2) is 9.59 Å². The lowest BCUT2D eigenvalue weighted by Gasteiger charge is -2.29. The van der Waals surface area contributed by atoms with Gasteiger partial charge in [0.15, 0.2) is 0 Å². The van der Waals surface area contributed by atoms with Gasteiger partial charge in [-0.2, -0.15) is 5.26 Å². The van der Waals surface area contributed by atoms with Crippen molar-refractivity contribution in [3.05, 3.63) is 98.4 Å². The smallest absolute Gasteiger partial charge is 0.334 e. The van der Waals surface area contributed by atoms with Crippen molar-refractivity contribution in [2.75, 3.05) is 26.3 Å². The van der Waals surface area contributed by atoms with Crippen LogP contribution in [0, 0.1) is 21.4 Å². The quantitative estimate of drug-likeness (QED) is 0.0950. The molecule has 0 aliphatic carbocycles. The first-order valence-electron chi connectivity index (χ1n) is 12.8. The molecule has 13 heteroatoms. The molecule has 5 N–H and O–H groups in total. The molecule has 0 saturated carbocycles. The van der Waals surface area contributed by atoms with Gasteiger partial charge in [-0.05, 0) is 32.0 Å². The predicted molar refractivity (Wildman–Crippen MR) is 150 cm³/mol. The fourth-order valence-corrected chi connectivity index (χ4v) is 4.43. The van der Waals surface area contributed by atoms with Gasteiger partial charge in [0.2, 0.25) is 0 Å². The van der Waals surface area contributed by atoms with E-state index in [0.717, 1.165) is 6.07 Å². The van der Waals surface area contributed by atoms with E-state index >= 15 is 0 Å². The Hall–Kier alpha value is -5.19. The van der Waals surface area contributed by atoms with Crippen molar-refractivity contribution in [1.82, 2.24) is 10.6 Å². The maximum atomic E-state index is 12.2. The number of carbonyl (C=O) groups is 2. The third-order valence-corrected chi connectivity index (χ3v) is 6.32. The topological polar surface area (TPSA) is 204 Å². The number of hydrogen-bond donors (Lipinski definition) is 5. The number of aliphatic hydroxyl groups excluding tert-OH is 1. The van der Waals surface area contributed by atoms with E-state index in [-0.39, 0.29) is 59.3 Å². The molecule has 1 heterocycles. The van der Waals surface area contributed by atoms with Gasteiger partial charge in [0.25, 0.3) is 5.69 Å². The second kappa shape index (κ2) is 14.4. The average molecular weight is 579 g/mol. The minimum atomic E-state index is -1.37. The van der Waals surface area contributed by atoms with Crippen LogP contribution < -0.4 is 20.1 Å². The second-order valence-corrected chi connectivity index (χ2v) is 9.24. The average Bonchev–Trinajstić information content (AvgIpc) is 2.94. The van der Waals surface area contributed by atoms with Crippen molar-refractivity contribution in [2.24, 2.45) is 0 Å². The van der Waals surface area contributed by atoms with Crippen LogP contribution in [-0.2, 0) is 9.59 Å². The van der Waals surface area contributed by atoms with Gasteiger partial charge in [-0.1, -0.05) is 24.3 Å². The zero-order valence-corrected chi connectivity index (χ0v) is 22.9. The van der Waals surface area contributed by atoms with Crippen molar-refractivity contribution < 1.29 is 39.3 Å². The second-order valence-electron chi connectivity index (χ2n) is 9.24. The third-order valence-electron chi connectivity index (χ3n) is 6.32. The lowest BCUT2D eigenvalue weighted by atomic mass is 9.80. The number of nitrogens with zero attached hydrogens (tertiary/aromatic N) is 2. The molecule has 1 unspecified atom stereocenters. The summed E-state index contributed by atoms with van der Waals surface area (Å²) in [5, 5.41) is 56.3. The molecule has 2 aromatic rings. The Kier molecular flexibility index (Phi) is 10.8. The summed E-state index contributed by atoms with van der Waals surface area (Å²) in [5.74, 6) is -3.60. The normalized spacial score (nSPS) is 14.3. The molecule has 1 atom stereocenters. The first-order chi connectivity index (χ1) is 20.0. The molecule has 42 heavy (non-hydrogen) atoms. The molecule has 2 aromatic carbocycles. The summed E-state index contributed by atoms with van der Waals surface area (Å²) in [7, 11) is 0. The molecule has 0 fully saturated rings. The molecule has 1 aliphatic heterocycles. The highest BCUT2D eigenvalue weighted by Crippen LogP contribution is 2.43. The Balaban J connectivity index is 1.66. The molecule has 0 amide bonds. The summed E-state index contributed by atoms with van der Waals surface area (Å²) >= 11 is 0. The molecule has 13 nitrogen and oxygen atoms in total. The van der Waals surface area contributed by atoms with Crippen LogP contribution in [0.1, 0.15) is 30.9 Å². The van der Waals surface area contributed by atoms with Gasteiger partial charge in [-0.15, -0.1) is 0 Å². The number of para-hydroxylation sites is 1. The maximum absolute atomic E-state index is 12.2. The zero-order chi connectivity index (χ0) is 30.8. The van der Waals surface area contributed by atoms with Gasteiger partial charge in [-0.3, -0.25) is 10.1 Å². The van der Waals surface area contributed by atoms with E-state index in [1.54, 1.807) is 36.4 Å². The summed E-state index contributed by atoms with van der Waals surface area (Å²) in [4.78, 5) is 35.2. The minimum absolute atomic E-state index is 0.00965. The largest absolute Gasteiger partial charge is 0.489 e. The van der Waals surface area contributed by atoms with Crippen LogP contribution in [0.5, 0.6) is 11.5 Å². The van der Waals surface area contributed by atoms with E-state index in [9.17, 15) is 35.0 Å². The van der Waals surface area contributed by atoms with Crippen molar-refractivity contribution in [2.45, 2.75) is 25.9 Å². The summed E-state index contributed by atoms with van der Waals surface area (Å²) in [6.45, 7) is 3.50. The molecule has 1 aliphatic rings. The van der Waals surface area contributed by atoms with E-state index in [1.807, 2.05) is 6.07 Å². The zero-order valence-electron chi connectivity index (χ0n) is 22.9. The van der Waals surface area contributed by atoms with Crippen LogP contribution >= 0.6 is 0 Å². The van der Waals surface area contributed by atoms with E-state index in [0.29, 0.717) is 17.9 Å². The SMILES string of the molecule is CC1=C(C(=O)O)C(c2cc([N+](=O)[O-])ccc2OC/C=C/CNCC(O)COc2ccccc2C#N)C(C(=O)O)=C(C)N1. The van der Waals surface area contributed by atoms with E-state index in [1.165, 1.54) is 26.0 Å². The van der Waals surface area contributed by atoms with Crippen LogP contribution in [0.2, 0.25) is 0 Å². The molecule has 0 bridgehead atoms. The number of nitro groups is 1. The van der Waals surface area contributed by atoms with Crippen molar-refractivity contribution in [3.63, 3.8) is 0 Å². The first-order valence-corrected chi connectivity index (χ1v) is 12.8. The lowest BCUT2D eigenvalue weighted by Crippen LogP contribution is -2.31. The predicted octanol–water partition coefficient (Wildman–Crippen LogP) is 2.83.